The number of aromatic nitrogens is 1. The third-order valence-electron chi connectivity index (χ3n) is 4.66. The Balaban J connectivity index is 1.45. The highest BCUT2D eigenvalue weighted by molar-refractivity contribution is 8.42. The van der Waals surface area contributed by atoms with Crippen LogP contribution < -0.4 is 0 Å². The molecule has 3 heterocycles. The van der Waals surface area contributed by atoms with E-state index in [9.17, 15) is 0 Å². The van der Waals surface area contributed by atoms with Crippen LogP contribution in [0.4, 0.5) is 0 Å². The first-order chi connectivity index (χ1) is 15.2. The molecule has 0 unspecified atom stereocenters. The molecule has 1 nitrogen and oxygen atoms in total. The molecule has 162 valence electrons. The van der Waals surface area contributed by atoms with Crippen LogP contribution in [0.2, 0.25) is 0 Å². The third-order valence-corrected chi connectivity index (χ3v) is 13.4. The molecule has 0 N–H and O–H groups in total. The van der Waals surface area contributed by atoms with E-state index in [-0.39, 0.29) is 0 Å². The number of fused-ring (bicyclic) bond motifs is 1. The van der Waals surface area contributed by atoms with Gasteiger partial charge in [-0.3, -0.25) is 0 Å². The number of unbranched alkanes of at least 4 members (excludes halogenated alkanes) is 2. The van der Waals surface area contributed by atoms with Crippen LogP contribution in [-0.4, -0.2) is 16.1 Å². The first-order valence-electron chi connectivity index (χ1n) is 10.5. The average molecular weight is 520 g/mol. The van der Waals surface area contributed by atoms with Crippen molar-refractivity contribution < 1.29 is 0 Å². The Hall–Kier alpha value is -0.360. The lowest BCUT2D eigenvalue weighted by atomic mass is 10.2. The summed E-state index contributed by atoms with van der Waals surface area (Å²) in [5.74, 6) is 5.14. The molecule has 31 heavy (non-hydrogen) atoms. The Morgan fingerprint density at radius 1 is 0.806 bits per heavy atom. The van der Waals surface area contributed by atoms with Gasteiger partial charge in [0.2, 0.25) is 0 Å². The van der Waals surface area contributed by atoms with Gasteiger partial charge in [0.15, 0.2) is 0 Å². The quantitative estimate of drug-likeness (QED) is 0.238. The van der Waals surface area contributed by atoms with Crippen LogP contribution >= 0.6 is 70.6 Å². The van der Waals surface area contributed by atoms with Crippen LogP contribution in [0.15, 0.2) is 63.4 Å². The topological polar surface area (TPSA) is 4.93 Å². The van der Waals surface area contributed by atoms with Crippen molar-refractivity contribution in [3.05, 3.63) is 59.2 Å². The Kier molecular flexibility index (Phi) is 8.96. The predicted molar refractivity (Wildman–Crippen MR) is 149 cm³/mol. The second-order valence-corrected chi connectivity index (χ2v) is 14.4. The van der Waals surface area contributed by atoms with Gasteiger partial charge in [0.1, 0.15) is 0 Å². The van der Waals surface area contributed by atoms with Crippen molar-refractivity contribution in [2.24, 2.45) is 0 Å². The van der Waals surface area contributed by atoms with Crippen LogP contribution in [0.1, 0.15) is 45.1 Å². The Morgan fingerprint density at radius 3 is 1.81 bits per heavy atom. The van der Waals surface area contributed by atoms with E-state index >= 15 is 0 Å². The summed E-state index contributed by atoms with van der Waals surface area (Å²) in [6, 6.07) is 8.18. The monoisotopic (exact) mass is 519 g/mol. The highest BCUT2D eigenvalue weighted by Crippen LogP contribution is 2.64. The van der Waals surface area contributed by atoms with Crippen LogP contribution in [-0.2, 0) is 0 Å². The number of rotatable bonds is 9. The van der Waals surface area contributed by atoms with Crippen molar-refractivity contribution in [1.82, 2.24) is 4.57 Å². The molecular weight excluding hydrogens is 495 g/mol. The van der Waals surface area contributed by atoms with Gasteiger partial charge >= 0.3 is 0 Å². The second kappa shape index (κ2) is 11.7. The minimum Gasteiger partial charge on any atom is -0.322 e. The SMILES string of the molecule is C#Cc1ccc(-n2cc3c(c2)SC(=C2SC(SCCCC)=C(SCCCC)S2)S3)cc1. The number of nitrogens with zero attached hydrogens (tertiary/aromatic N) is 1. The van der Waals surface area contributed by atoms with Crippen molar-refractivity contribution in [3.8, 4) is 18.0 Å². The van der Waals surface area contributed by atoms with Gasteiger partial charge in [0.05, 0.1) is 16.9 Å². The van der Waals surface area contributed by atoms with E-state index in [1.807, 2.05) is 59.2 Å². The molecule has 0 amide bonds. The molecule has 0 saturated carbocycles. The molecule has 0 atom stereocenters. The minimum absolute atomic E-state index is 0.919. The molecule has 0 saturated heterocycles. The Morgan fingerprint density at radius 2 is 1.32 bits per heavy atom. The lowest BCUT2D eigenvalue weighted by Gasteiger charge is -2.05. The van der Waals surface area contributed by atoms with Crippen LogP contribution in [0.25, 0.3) is 5.69 Å². The summed E-state index contributed by atoms with van der Waals surface area (Å²) in [6.45, 7) is 4.54. The highest BCUT2D eigenvalue weighted by atomic mass is 32.3. The normalized spacial score (nSPS) is 15.6. The fraction of sp³-hybridized carbons (Fsp3) is 0.333. The third kappa shape index (κ3) is 5.96. The van der Waals surface area contributed by atoms with Gasteiger partial charge in [-0.15, -0.1) is 29.9 Å². The molecular formula is C24H25NS6. The average Bonchev–Trinajstić information content (AvgIpc) is 3.48. The van der Waals surface area contributed by atoms with Gasteiger partial charge in [-0.1, -0.05) is 79.7 Å². The smallest absolute Gasteiger partial charge is 0.0717 e. The fourth-order valence-electron chi connectivity index (χ4n) is 2.90. The number of terminal acetylenes is 1. The van der Waals surface area contributed by atoms with Gasteiger partial charge in [-0.2, -0.15) is 0 Å². The van der Waals surface area contributed by atoms with E-state index in [2.05, 4.69) is 72.4 Å². The molecule has 0 radical (unpaired) electrons. The number of thioether (sulfide) groups is 6. The van der Waals surface area contributed by atoms with E-state index in [0.29, 0.717) is 0 Å². The molecule has 4 rings (SSSR count). The van der Waals surface area contributed by atoms with Gasteiger partial charge in [-0.25, -0.2) is 0 Å². The van der Waals surface area contributed by atoms with Crippen LogP contribution in [0.3, 0.4) is 0 Å². The number of hydrogen-bond acceptors (Lipinski definition) is 6. The molecule has 0 aliphatic carbocycles. The maximum absolute atomic E-state index is 5.48. The van der Waals surface area contributed by atoms with E-state index in [1.54, 1.807) is 0 Å². The van der Waals surface area contributed by atoms with Gasteiger partial charge < -0.3 is 4.57 Å². The summed E-state index contributed by atoms with van der Waals surface area (Å²) in [7, 11) is 0. The molecule has 2 aliphatic heterocycles. The van der Waals surface area contributed by atoms with E-state index < -0.39 is 0 Å². The first kappa shape index (κ1) is 23.8. The first-order valence-corrected chi connectivity index (χ1v) is 15.7. The largest absolute Gasteiger partial charge is 0.322 e. The van der Waals surface area contributed by atoms with E-state index in [4.69, 9.17) is 6.42 Å². The standard InChI is InChI=1S/C24H25NS6/c1-4-7-13-26-21-22(27-14-8-5-2)31-24(30-21)23-28-19-15-25(16-20(19)29-23)18-11-9-17(6-3)10-12-18/h3,9-12,15-16H,4-5,7-8,13-14H2,1-2H3. The summed E-state index contributed by atoms with van der Waals surface area (Å²) < 4.78 is 8.16. The number of hydrogen-bond donors (Lipinski definition) is 0. The molecule has 1 aromatic heterocycles. The van der Waals surface area contributed by atoms with Crippen molar-refractivity contribution in [1.29, 1.82) is 0 Å². The molecule has 2 aliphatic rings. The summed E-state index contributed by atoms with van der Waals surface area (Å²) >= 11 is 12.0. The molecule has 7 heteroatoms. The minimum atomic E-state index is 0.919. The van der Waals surface area contributed by atoms with Crippen molar-refractivity contribution in [2.75, 3.05) is 11.5 Å². The molecule has 2 aromatic rings. The maximum atomic E-state index is 5.48. The molecule has 1 aromatic carbocycles. The summed E-state index contributed by atoms with van der Waals surface area (Å²) in [6.07, 6.45) is 15.1. The lowest BCUT2D eigenvalue weighted by molar-refractivity contribution is 0.897. The zero-order valence-electron chi connectivity index (χ0n) is 17.7. The zero-order valence-corrected chi connectivity index (χ0v) is 22.6. The molecule has 0 spiro atoms. The van der Waals surface area contributed by atoms with Crippen molar-refractivity contribution in [3.63, 3.8) is 0 Å². The van der Waals surface area contributed by atoms with E-state index in [1.165, 1.54) is 63.9 Å². The maximum Gasteiger partial charge on any atom is 0.0717 e. The summed E-state index contributed by atoms with van der Waals surface area (Å²) in [5, 5.41) is 0. The lowest BCUT2D eigenvalue weighted by Crippen LogP contribution is -1.89. The second-order valence-electron chi connectivity index (χ2n) is 7.05. The van der Waals surface area contributed by atoms with Gasteiger partial charge in [-0.05, 0) is 48.6 Å². The molecule has 0 bridgehead atoms. The van der Waals surface area contributed by atoms with Crippen LogP contribution in [0.5, 0.6) is 0 Å². The Labute approximate surface area is 211 Å². The van der Waals surface area contributed by atoms with E-state index in [0.717, 1.165) is 11.3 Å². The van der Waals surface area contributed by atoms with Gasteiger partial charge in [0.25, 0.3) is 0 Å². The zero-order chi connectivity index (χ0) is 21.6. The van der Waals surface area contributed by atoms with Crippen molar-refractivity contribution >= 4 is 70.6 Å². The van der Waals surface area contributed by atoms with Gasteiger partial charge in [0, 0.05) is 33.4 Å². The fourth-order valence-corrected chi connectivity index (χ4v) is 11.9. The Bertz CT molecular complexity index is 976. The predicted octanol–water partition coefficient (Wildman–Crippen LogP) is 9.46. The highest BCUT2D eigenvalue weighted by Gasteiger charge is 2.30. The summed E-state index contributed by atoms with van der Waals surface area (Å²) in [4.78, 5) is 2.70. The summed E-state index contributed by atoms with van der Waals surface area (Å²) in [5.41, 5.74) is 2.07. The van der Waals surface area contributed by atoms with Crippen molar-refractivity contribution in [2.45, 2.75) is 49.3 Å². The van der Waals surface area contributed by atoms with Crippen LogP contribution in [0, 0.1) is 12.3 Å². The number of benzene rings is 1. The molecule has 0 fully saturated rings.